The fraction of sp³-hybridized carbons (Fsp3) is 0.143. The molecule has 0 aromatic carbocycles. The first-order valence-electron chi connectivity index (χ1n) is 6.40. The molecular formula is C14H9F3N4S2. The van der Waals surface area contributed by atoms with Gasteiger partial charge >= 0.3 is 6.18 Å². The normalized spacial score (nSPS) is 11.6. The first kappa shape index (κ1) is 15.9. The molecule has 23 heavy (non-hydrogen) atoms. The van der Waals surface area contributed by atoms with Crippen LogP contribution in [0.4, 0.5) is 13.2 Å². The van der Waals surface area contributed by atoms with Crippen LogP contribution in [-0.2, 0) is 11.9 Å². The fourth-order valence-corrected chi connectivity index (χ4v) is 3.27. The Labute approximate surface area is 137 Å². The Morgan fingerprint density at radius 2 is 1.87 bits per heavy atom. The van der Waals surface area contributed by atoms with Gasteiger partial charge in [0.1, 0.15) is 0 Å². The predicted molar refractivity (Wildman–Crippen MR) is 81.9 cm³/mol. The number of thiazole rings is 1. The quantitative estimate of drug-likeness (QED) is 0.654. The summed E-state index contributed by atoms with van der Waals surface area (Å²) < 4.78 is 37.4. The van der Waals surface area contributed by atoms with E-state index in [1.807, 2.05) is 5.38 Å². The second-order valence-corrected chi connectivity index (χ2v) is 6.24. The zero-order valence-corrected chi connectivity index (χ0v) is 13.1. The zero-order valence-electron chi connectivity index (χ0n) is 11.5. The molecule has 0 amide bonds. The van der Waals surface area contributed by atoms with E-state index in [0.717, 1.165) is 18.0 Å². The maximum absolute atomic E-state index is 12.5. The molecule has 0 saturated carbocycles. The van der Waals surface area contributed by atoms with E-state index in [1.165, 1.54) is 29.2 Å². The summed E-state index contributed by atoms with van der Waals surface area (Å²) >= 11 is 2.75. The maximum atomic E-state index is 12.5. The summed E-state index contributed by atoms with van der Waals surface area (Å²) in [6.07, 6.45) is -0.239. The summed E-state index contributed by atoms with van der Waals surface area (Å²) in [5, 5.41) is 3.10. The van der Waals surface area contributed by atoms with Gasteiger partial charge in [-0.2, -0.15) is 13.2 Å². The van der Waals surface area contributed by atoms with Crippen molar-refractivity contribution < 1.29 is 13.2 Å². The molecule has 0 aliphatic carbocycles. The van der Waals surface area contributed by atoms with Crippen molar-refractivity contribution in [2.24, 2.45) is 0 Å². The second-order valence-electron chi connectivity index (χ2n) is 4.39. The predicted octanol–water partition coefficient (Wildman–Crippen LogP) is 4.31. The second kappa shape index (κ2) is 6.63. The topological polar surface area (TPSA) is 51.6 Å². The highest BCUT2D eigenvalue weighted by molar-refractivity contribution is 7.98. The highest BCUT2D eigenvalue weighted by atomic mass is 32.2. The Balaban J connectivity index is 1.64. The minimum atomic E-state index is -4.37. The molecule has 118 valence electrons. The minimum absolute atomic E-state index is 0.516. The number of pyridine rings is 1. The molecule has 0 N–H and O–H groups in total. The van der Waals surface area contributed by atoms with E-state index in [4.69, 9.17) is 0 Å². The highest BCUT2D eigenvalue weighted by Gasteiger charge is 2.30. The molecule has 3 rings (SSSR count). The van der Waals surface area contributed by atoms with Crippen molar-refractivity contribution in [3.63, 3.8) is 0 Å². The third-order valence-corrected chi connectivity index (χ3v) is 4.60. The third kappa shape index (κ3) is 4.05. The van der Waals surface area contributed by atoms with Crippen molar-refractivity contribution in [1.82, 2.24) is 19.9 Å². The lowest BCUT2D eigenvalue weighted by Gasteiger charge is -2.06. The maximum Gasteiger partial charge on any atom is 0.417 e. The average molecular weight is 354 g/mol. The molecule has 3 aromatic heterocycles. The van der Waals surface area contributed by atoms with Crippen molar-refractivity contribution in [1.29, 1.82) is 0 Å². The number of thioether (sulfide) groups is 1. The molecule has 0 spiro atoms. The summed E-state index contributed by atoms with van der Waals surface area (Å²) in [6, 6.07) is 4.12. The SMILES string of the molecule is FC(F)(F)c1ccc(SCc2csc(-c3ncccn3)n2)nc1. The number of aromatic nitrogens is 4. The Bertz CT molecular complexity index is 773. The van der Waals surface area contributed by atoms with E-state index in [0.29, 0.717) is 21.6 Å². The van der Waals surface area contributed by atoms with E-state index in [-0.39, 0.29) is 0 Å². The molecule has 3 heterocycles. The van der Waals surface area contributed by atoms with Crippen molar-refractivity contribution in [3.8, 4) is 10.8 Å². The van der Waals surface area contributed by atoms with Crippen LogP contribution in [0.5, 0.6) is 0 Å². The van der Waals surface area contributed by atoms with Crippen molar-refractivity contribution >= 4 is 23.1 Å². The number of hydrogen-bond donors (Lipinski definition) is 0. The smallest absolute Gasteiger partial charge is 0.249 e. The van der Waals surface area contributed by atoms with Crippen LogP contribution in [0.15, 0.2) is 47.2 Å². The number of alkyl halides is 3. The van der Waals surface area contributed by atoms with Crippen LogP contribution < -0.4 is 0 Å². The molecule has 0 aliphatic heterocycles. The first-order valence-corrected chi connectivity index (χ1v) is 8.27. The van der Waals surface area contributed by atoms with Crippen molar-refractivity contribution in [3.05, 3.63) is 53.4 Å². The summed E-state index contributed by atoms with van der Waals surface area (Å²) in [6.45, 7) is 0. The largest absolute Gasteiger partial charge is 0.417 e. The van der Waals surface area contributed by atoms with E-state index in [9.17, 15) is 13.2 Å². The lowest BCUT2D eigenvalue weighted by atomic mass is 10.3. The van der Waals surface area contributed by atoms with Crippen LogP contribution in [0.25, 0.3) is 10.8 Å². The molecule has 0 bridgehead atoms. The van der Waals surface area contributed by atoms with Crippen LogP contribution in [0.3, 0.4) is 0 Å². The number of rotatable bonds is 4. The van der Waals surface area contributed by atoms with Gasteiger partial charge in [-0.05, 0) is 18.2 Å². The minimum Gasteiger partial charge on any atom is -0.249 e. The molecule has 0 saturated heterocycles. The zero-order chi connectivity index (χ0) is 16.3. The Hall–Kier alpha value is -2.00. The Kier molecular flexibility index (Phi) is 4.58. The van der Waals surface area contributed by atoms with Crippen LogP contribution in [0, 0.1) is 0 Å². The highest BCUT2D eigenvalue weighted by Crippen LogP contribution is 2.30. The van der Waals surface area contributed by atoms with E-state index in [2.05, 4.69) is 19.9 Å². The lowest BCUT2D eigenvalue weighted by Crippen LogP contribution is -2.05. The van der Waals surface area contributed by atoms with Gasteiger partial charge in [-0.3, -0.25) is 0 Å². The van der Waals surface area contributed by atoms with Gasteiger partial charge in [0.25, 0.3) is 0 Å². The standard InChI is InChI=1S/C14H9F3N4S2/c15-14(16,17)9-2-3-11(20-6-9)22-7-10-8-23-13(21-10)12-18-4-1-5-19-12/h1-6,8H,7H2. The van der Waals surface area contributed by atoms with Gasteiger partial charge in [0, 0.05) is 29.7 Å². The van der Waals surface area contributed by atoms with Crippen molar-refractivity contribution in [2.75, 3.05) is 0 Å². The molecule has 4 nitrogen and oxygen atoms in total. The summed E-state index contributed by atoms with van der Waals surface area (Å²) in [5.74, 6) is 1.07. The number of hydrogen-bond acceptors (Lipinski definition) is 6. The van der Waals surface area contributed by atoms with Gasteiger partial charge in [-0.1, -0.05) is 0 Å². The average Bonchev–Trinajstić information content (AvgIpc) is 3.02. The van der Waals surface area contributed by atoms with Gasteiger partial charge in [0.05, 0.1) is 16.3 Å². The van der Waals surface area contributed by atoms with Gasteiger partial charge in [0.15, 0.2) is 10.8 Å². The molecule has 0 radical (unpaired) electrons. The van der Waals surface area contributed by atoms with E-state index in [1.54, 1.807) is 18.5 Å². The van der Waals surface area contributed by atoms with Crippen LogP contribution in [-0.4, -0.2) is 19.9 Å². The number of halogens is 3. The lowest BCUT2D eigenvalue weighted by molar-refractivity contribution is -0.137. The van der Waals surface area contributed by atoms with E-state index >= 15 is 0 Å². The van der Waals surface area contributed by atoms with Crippen molar-refractivity contribution in [2.45, 2.75) is 17.0 Å². The summed E-state index contributed by atoms with van der Waals surface area (Å²) in [4.78, 5) is 16.5. The van der Waals surface area contributed by atoms with Gasteiger partial charge < -0.3 is 0 Å². The first-order chi connectivity index (χ1) is 11.0. The molecule has 3 aromatic rings. The van der Waals surface area contributed by atoms with Gasteiger partial charge in [-0.15, -0.1) is 23.1 Å². The van der Waals surface area contributed by atoms with Crippen LogP contribution in [0.2, 0.25) is 0 Å². The molecule has 0 fully saturated rings. The van der Waals surface area contributed by atoms with Crippen LogP contribution >= 0.6 is 23.1 Å². The third-order valence-electron chi connectivity index (χ3n) is 2.74. The Morgan fingerprint density at radius 3 is 2.52 bits per heavy atom. The fourth-order valence-electron chi connectivity index (χ4n) is 1.67. The summed E-state index contributed by atoms with van der Waals surface area (Å²) in [7, 11) is 0. The van der Waals surface area contributed by atoms with Crippen LogP contribution in [0.1, 0.15) is 11.3 Å². The van der Waals surface area contributed by atoms with E-state index < -0.39 is 11.7 Å². The van der Waals surface area contributed by atoms with Gasteiger partial charge in [-0.25, -0.2) is 19.9 Å². The molecular weight excluding hydrogens is 345 g/mol. The Morgan fingerprint density at radius 1 is 1.09 bits per heavy atom. The molecule has 0 atom stereocenters. The summed E-state index contributed by atoms with van der Waals surface area (Å²) in [5.41, 5.74) is 0.0585. The van der Waals surface area contributed by atoms with Gasteiger partial charge in [0.2, 0.25) is 0 Å². The molecule has 0 aliphatic rings. The molecule has 0 unspecified atom stereocenters. The monoisotopic (exact) mass is 354 g/mol. The number of nitrogens with zero attached hydrogens (tertiary/aromatic N) is 4. The molecule has 9 heteroatoms.